The highest BCUT2D eigenvalue weighted by molar-refractivity contribution is 6.30. The van der Waals surface area contributed by atoms with Crippen molar-refractivity contribution in [3.05, 3.63) is 34.9 Å². The zero-order chi connectivity index (χ0) is 19.0. The molecule has 1 atom stereocenters. The lowest BCUT2D eigenvalue weighted by Crippen LogP contribution is -2.49. The maximum absolute atomic E-state index is 12.4. The molecule has 1 aromatic carbocycles. The highest BCUT2D eigenvalue weighted by Crippen LogP contribution is 2.11. The average Bonchev–Trinajstić information content (AvgIpc) is 2.51. The molecule has 7 heteroatoms. The van der Waals surface area contributed by atoms with Gasteiger partial charge in [0.05, 0.1) is 6.61 Å². The van der Waals surface area contributed by atoms with E-state index in [0.717, 1.165) is 5.56 Å². The smallest absolute Gasteiger partial charge is 0.328 e. The number of hydrogen-bond donors (Lipinski definition) is 2. The Morgan fingerprint density at radius 3 is 2.36 bits per heavy atom. The third-order valence-electron chi connectivity index (χ3n) is 3.34. The van der Waals surface area contributed by atoms with Gasteiger partial charge in [0.15, 0.2) is 0 Å². The number of carbonyl (C=O) groups excluding carboxylic acids is 2. The lowest BCUT2D eigenvalue weighted by Gasteiger charge is -2.26. The highest BCUT2D eigenvalue weighted by atomic mass is 35.5. The van der Waals surface area contributed by atoms with Gasteiger partial charge in [0, 0.05) is 18.1 Å². The van der Waals surface area contributed by atoms with E-state index in [1.54, 1.807) is 39.8 Å². The lowest BCUT2D eigenvalue weighted by molar-refractivity contribution is -0.156. The second-order valence-electron chi connectivity index (χ2n) is 6.79. The minimum Gasteiger partial charge on any atom is -0.458 e. The van der Waals surface area contributed by atoms with Crippen molar-refractivity contribution in [2.45, 2.75) is 45.8 Å². The summed E-state index contributed by atoms with van der Waals surface area (Å²) in [4.78, 5) is 25.8. The van der Waals surface area contributed by atoms with Gasteiger partial charge >= 0.3 is 12.0 Å². The lowest BCUT2D eigenvalue weighted by atomic mass is 10.1. The van der Waals surface area contributed by atoms with E-state index in [1.807, 2.05) is 12.1 Å². The molecule has 0 bridgehead atoms. The van der Waals surface area contributed by atoms with Gasteiger partial charge in [0.25, 0.3) is 0 Å². The molecule has 140 valence electrons. The third kappa shape index (κ3) is 8.23. The fourth-order valence-electron chi connectivity index (χ4n) is 2.08. The van der Waals surface area contributed by atoms with E-state index in [4.69, 9.17) is 16.3 Å². The maximum atomic E-state index is 12.4. The van der Waals surface area contributed by atoms with E-state index in [2.05, 4.69) is 5.32 Å². The molecule has 0 saturated heterocycles. The Bertz CT molecular complexity index is 569. The molecule has 25 heavy (non-hydrogen) atoms. The summed E-state index contributed by atoms with van der Waals surface area (Å²) in [6, 6.07) is 6.17. The van der Waals surface area contributed by atoms with Crippen molar-refractivity contribution in [2.24, 2.45) is 0 Å². The summed E-state index contributed by atoms with van der Waals surface area (Å²) in [5, 5.41) is 12.4. The van der Waals surface area contributed by atoms with Crippen molar-refractivity contribution in [1.29, 1.82) is 0 Å². The van der Waals surface area contributed by atoms with Crippen LogP contribution in [0.4, 0.5) is 4.79 Å². The predicted molar refractivity (Wildman–Crippen MR) is 97.7 cm³/mol. The number of amides is 2. The van der Waals surface area contributed by atoms with Crippen LogP contribution in [0.3, 0.4) is 0 Å². The number of ether oxygens (including phenoxy) is 1. The van der Waals surface area contributed by atoms with Crippen LogP contribution in [0, 0.1) is 0 Å². The van der Waals surface area contributed by atoms with Crippen LogP contribution >= 0.6 is 11.6 Å². The first-order valence-electron chi connectivity index (χ1n) is 8.26. The van der Waals surface area contributed by atoms with Crippen molar-refractivity contribution >= 4 is 23.6 Å². The summed E-state index contributed by atoms with van der Waals surface area (Å²) in [6.07, 6.45) is 0.616. The Hall–Kier alpha value is -1.79. The predicted octanol–water partition coefficient (Wildman–Crippen LogP) is 2.62. The van der Waals surface area contributed by atoms with Gasteiger partial charge in [0.2, 0.25) is 0 Å². The SMILES string of the molecule is C[C@H](NC(=O)N(CCO)CCc1ccc(Cl)cc1)C(=O)OC(C)(C)C. The second-order valence-corrected chi connectivity index (χ2v) is 7.23. The molecule has 1 rings (SSSR count). The Morgan fingerprint density at radius 1 is 1.24 bits per heavy atom. The van der Waals surface area contributed by atoms with E-state index >= 15 is 0 Å². The molecule has 0 heterocycles. The van der Waals surface area contributed by atoms with Gasteiger partial charge in [-0.25, -0.2) is 9.59 Å². The van der Waals surface area contributed by atoms with Crippen LogP contribution in [-0.2, 0) is 16.0 Å². The molecule has 0 unspecified atom stereocenters. The van der Waals surface area contributed by atoms with Crippen LogP contribution in [0.5, 0.6) is 0 Å². The first-order chi connectivity index (χ1) is 11.6. The van der Waals surface area contributed by atoms with E-state index < -0.39 is 23.6 Å². The number of aliphatic hydroxyl groups excluding tert-OH is 1. The average molecular weight is 371 g/mol. The Balaban J connectivity index is 2.60. The molecule has 0 radical (unpaired) electrons. The minimum absolute atomic E-state index is 0.158. The molecular formula is C18H27ClN2O4. The van der Waals surface area contributed by atoms with Crippen molar-refractivity contribution in [2.75, 3.05) is 19.7 Å². The zero-order valence-electron chi connectivity index (χ0n) is 15.2. The van der Waals surface area contributed by atoms with Crippen LogP contribution in [0.1, 0.15) is 33.3 Å². The van der Waals surface area contributed by atoms with Gasteiger partial charge < -0.3 is 20.1 Å². The minimum atomic E-state index is -0.775. The molecule has 2 N–H and O–H groups in total. The van der Waals surface area contributed by atoms with Crippen molar-refractivity contribution in [3.63, 3.8) is 0 Å². The number of carbonyl (C=O) groups is 2. The topological polar surface area (TPSA) is 78.9 Å². The van der Waals surface area contributed by atoms with E-state index in [1.165, 1.54) is 4.90 Å². The molecule has 0 saturated carbocycles. The number of nitrogens with one attached hydrogen (secondary N) is 1. The van der Waals surface area contributed by atoms with E-state index in [0.29, 0.717) is 18.0 Å². The molecule has 6 nitrogen and oxygen atoms in total. The summed E-state index contributed by atoms with van der Waals surface area (Å²) in [7, 11) is 0. The molecule has 0 aliphatic heterocycles. The summed E-state index contributed by atoms with van der Waals surface area (Å²) in [5.74, 6) is -0.498. The van der Waals surface area contributed by atoms with Gasteiger partial charge in [-0.05, 0) is 51.8 Å². The standard InChI is InChI=1S/C18H27ClN2O4/c1-13(16(23)25-18(2,3)4)20-17(24)21(11-12-22)10-9-14-5-7-15(19)8-6-14/h5-8,13,22H,9-12H2,1-4H3,(H,20,24)/t13-/m0/s1. The fourth-order valence-corrected chi connectivity index (χ4v) is 2.20. The zero-order valence-corrected chi connectivity index (χ0v) is 16.0. The van der Waals surface area contributed by atoms with Crippen molar-refractivity contribution < 1.29 is 19.4 Å². The summed E-state index contributed by atoms with van der Waals surface area (Å²) in [6.45, 7) is 7.31. The van der Waals surface area contributed by atoms with Gasteiger partial charge in [-0.15, -0.1) is 0 Å². The number of halogens is 1. The Kier molecular flexibility index (Phi) is 8.19. The Morgan fingerprint density at radius 2 is 1.84 bits per heavy atom. The quantitative estimate of drug-likeness (QED) is 0.723. The first kappa shape index (κ1) is 21.3. The number of esters is 1. The van der Waals surface area contributed by atoms with Gasteiger partial charge in [-0.1, -0.05) is 23.7 Å². The van der Waals surface area contributed by atoms with Crippen LogP contribution in [0.25, 0.3) is 0 Å². The largest absolute Gasteiger partial charge is 0.458 e. The number of aliphatic hydroxyl groups is 1. The van der Waals surface area contributed by atoms with E-state index in [-0.39, 0.29) is 13.2 Å². The molecule has 0 aromatic heterocycles. The van der Waals surface area contributed by atoms with Crippen LogP contribution in [0.2, 0.25) is 5.02 Å². The van der Waals surface area contributed by atoms with Crippen molar-refractivity contribution in [3.8, 4) is 0 Å². The molecule has 1 aromatic rings. The van der Waals surface area contributed by atoms with Gasteiger partial charge in [-0.2, -0.15) is 0 Å². The molecule has 2 amide bonds. The van der Waals surface area contributed by atoms with Gasteiger partial charge in [0.1, 0.15) is 11.6 Å². The second kappa shape index (κ2) is 9.63. The third-order valence-corrected chi connectivity index (χ3v) is 3.59. The number of nitrogens with zero attached hydrogens (tertiary/aromatic N) is 1. The molecule has 0 fully saturated rings. The monoisotopic (exact) mass is 370 g/mol. The van der Waals surface area contributed by atoms with Crippen molar-refractivity contribution in [1.82, 2.24) is 10.2 Å². The normalized spacial score (nSPS) is 12.4. The fraction of sp³-hybridized carbons (Fsp3) is 0.556. The molecule has 0 aliphatic carbocycles. The van der Waals surface area contributed by atoms with Crippen LogP contribution < -0.4 is 5.32 Å². The van der Waals surface area contributed by atoms with E-state index in [9.17, 15) is 14.7 Å². The highest BCUT2D eigenvalue weighted by Gasteiger charge is 2.24. The molecular weight excluding hydrogens is 344 g/mol. The number of hydrogen-bond acceptors (Lipinski definition) is 4. The number of benzene rings is 1. The number of rotatable bonds is 7. The van der Waals surface area contributed by atoms with Crippen LogP contribution in [-0.4, -0.2) is 53.3 Å². The number of urea groups is 1. The first-order valence-corrected chi connectivity index (χ1v) is 8.64. The summed E-state index contributed by atoms with van der Waals surface area (Å²) in [5.41, 5.74) is 0.412. The molecule has 0 aliphatic rings. The molecule has 0 spiro atoms. The summed E-state index contributed by atoms with van der Waals surface area (Å²) >= 11 is 5.86. The maximum Gasteiger partial charge on any atom is 0.328 e. The Labute approximate surface area is 154 Å². The summed E-state index contributed by atoms with van der Waals surface area (Å²) < 4.78 is 5.25. The van der Waals surface area contributed by atoms with Gasteiger partial charge in [-0.3, -0.25) is 0 Å². The van der Waals surface area contributed by atoms with Crippen LogP contribution in [0.15, 0.2) is 24.3 Å².